The molecule has 8 nitrogen and oxygen atoms in total. The number of esters is 1. The van der Waals surface area contributed by atoms with Crippen LogP contribution in [-0.2, 0) is 40.4 Å². The number of hydrogen-bond donors (Lipinski definition) is 0. The molecule has 1 heterocycles. The Labute approximate surface area is 369 Å². The van der Waals surface area contributed by atoms with Crippen molar-refractivity contribution in [3.8, 4) is 0 Å². The number of aryl methyl sites for hydroxylation is 1. The number of likely N-dealkylation sites (N-methyl/N-ethyl adjacent to an activating group) is 1. The lowest BCUT2D eigenvalue weighted by Gasteiger charge is -2.71. The van der Waals surface area contributed by atoms with Crippen molar-refractivity contribution in [2.45, 2.75) is 144 Å². The first kappa shape index (κ1) is 46.4. The van der Waals surface area contributed by atoms with Crippen molar-refractivity contribution >= 4 is 16.0 Å². The van der Waals surface area contributed by atoms with E-state index >= 15 is 0 Å². The first-order chi connectivity index (χ1) is 28.5. The summed E-state index contributed by atoms with van der Waals surface area (Å²) in [5.74, 6) is 1.09. The second kappa shape index (κ2) is 16.5. The number of benzene rings is 2. The minimum Gasteiger partial charge on any atom is -0.461 e. The third-order valence-electron chi connectivity index (χ3n) is 18.2. The number of rotatable bonds is 12. The van der Waals surface area contributed by atoms with Crippen molar-refractivity contribution in [2.75, 3.05) is 34.0 Å². The molecular formula is C52H77NO7S. The second-order valence-corrected chi connectivity index (χ2v) is 24.5. The summed E-state index contributed by atoms with van der Waals surface area (Å²) in [7, 11) is -0.277. The molecule has 0 spiro atoms. The molecule has 338 valence electrons. The van der Waals surface area contributed by atoms with E-state index in [4.69, 9.17) is 18.9 Å². The predicted octanol–water partition coefficient (Wildman–Crippen LogP) is 10.7. The van der Waals surface area contributed by atoms with Crippen molar-refractivity contribution in [1.29, 1.82) is 0 Å². The van der Waals surface area contributed by atoms with Gasteiger partial charge in [-0.25, -0.2) is 8.42 Å². The molecule has 2 aromatic rings. The Morgan fingerprint density at radius 3 is 2.23 bits per heavy atom. The topological polar surface area (TPSA) is 91.4 Å². The Morgan fingerprint density at radius 1 is 0.934 bits per heavy atom. The Kier molecular flexibility index (Phi) is 12.5. The molecule has 0 amide bonds. The molecule has 5 aliphatic rings. The van der Waals surface area contributed by atoms with E-state index < -0.39 is 21.5 Å². The van der Waals surface area contributed by atoms with Crippen molar-refractivity contribution in [3.63, 3.8) is 0 Å². The van der Waals surface area contributed by atoms with Gasteiger partial charge in [-0.2, -0.15) is 4.31 Å². The van der Waals surface area contributed by atoms with E-state index in [9.17, 15) is 13.2 Å². The van der Waals surface area contributed by atoms with Crippen molar-refractivity contribution in [2.24, 2.45) is 62.1 Å². The number of hydrogen-bond acceptors (Lipinski definition) is 7. The predicted molar refractivity (Wildman–Crippen MR) is 242 cm³/mol. The van der Waals surface area contributed by atoms with Gasteiger partial charge in [-0.05, 0) is 108 Å². The summed E-state index contributed by atoms with van der Waals surface area (Å²) in [6, 6.07) is 16.7. The van der Waals surface area contributed by atoms with Crippen LogP contribution in [0.5, 0.6) is 0 Å². The van der Waals surface area contributed by atoms with Crippen LogP contribution in [0.3, 0.4) is 0 Å². The summed E-state index contributed by atoms with van der Waals surface area (Å²) in [5, 5.41) is 0. The smallest absolute Gasteiger partial charge is 0.310 e. The molecule has 61 heavy (non-hydrogen) atoms. The van der Waals surface area contributed by atoms with Crippen LogP contribution in [0, 0.1) is 69.0 Å². The van der Waals surface area contributed by atoms with Gasteiger partial charge in [0, 0.05) is 25.0 Å². The number of carbonyl (C=O) groups excluding carboxylic acids is 1. The SMILES string of the molecule is CO[C@@H]1C[C@@]23COCC(C)([C@H]1OC[C@H](N(C)S(=O)(=O)c1ccc(C)cc1)C(C)(C)C)[C@@H]2CC[C@H]1C3=CC[C@@]2(C)[C@H](C(=O)OCc3ccccc3)[C@@](C)([C@H](C)C(C)C)CC[C@]12C. The molecule has 2 bridgehead atoms. The zero-order chi connectivity index (χ0) is 44.6. The Balaban J connectivity index is 1.20. The van der Waals surface area contributed by atoms with Crippen LogP contribution < -0.4 is 0 Å². The number of ether oxygens (including phenoxy) is 4. The Morgan fingerprint density at radius 2 is 1.61 bits per heavy atom. The van der Waals surface area contributed by atoms with Crippen LogP contribution in [0.25, 0.3) is 0 Å². The first-order valence-electron chi connectivity index (χ1n) is 23.2. The highest BCUT2D eigenvalue weighted by Gasteiger charge is 2.72. The quantitative estimate of drug-likeness (QED) is 0.155. The molecule has 4 fully saturated rings. The van der Waals surface area contributed by atoms with Gasteiger partial charge in [-0.15, -0.1) is 0 Å². The Hall–Kier alpha value is -2.56. The average Bonchev–Trinajstić information content (AvgIpc) is 3.20. The largest absolute Gasteiger partial charge is 0.461 e. The fraction of sp³-hybridized carbons (Fsp3) is 0.712. The van der Waals surface area contributed by atoms with Gasteiger partial charge < -0.3 is 18.9 Å². The Bertz CT molecular complexity index is 2040. The third kappa shape index (κ3) is 7.50. The summed E-state index contributed by atoms with van der Waals surface area (Å²) >= 11 is 0. The van der Waals surface area contributed by atoms with E-state index in [2.05, 4.69) is 75.3 Å². The molecule has 7 rings (SSSR count). The normalized spacial score (nSPS) is 37.2. The molecule has 9 heteroatoms. The van der Waals surface area contributed by atoms with Gasteiger partial charge in [0.25, 0.3) is 0 Å². The van der Waals surface area contributed by atoms with Crippen LogP contribution in [0.1, 0.15) is 119 Å². The number of carbonyl (C=O) groups is 1. The highest BCUT2D eigenvalue weighted by Crippen LogP contribution is 2.75. The first-order valence-corrected chi connectivity index (χ1v) is 24.6. The second-order valence-electron chi connectivity index (χ2n) is 22.5. The summed E-state index contributed by atoms with van der Waals surface area (Å²) in [5.41, 5.74) is 1.93. The molecule has 0 radical (unpaired) electrons. The number of fused-ring (bicyclic) bond motifs is 3. The molecule has 1 aliphatic heterocycles. The molecule has 1 saturated heterocycles. The van der Waals surface area contributed by atoms with Crippen LogP contribution in [-0.4, -0.2) is 70.9 Å². The van der Waals surface area contributed by atoms with Crippen LogP contribution >= 0.6 is 0 Å². The number of nitrogens with zero attached hydrogens (tertiary/aromatic N) is 1. The number of allylic oxidation sites excluding steroid dienone is 1. The molecule has 0 aromatic heterocycles. The summed E-state index contributed by atoms with van der Waals surface area (Å²) in [4.78, 5) is 15.1. The lowest BCUT2D eigenvalue weighted by molar-refractivity contribution is -0.269. The number of sulfonamides is 1. The lowest BCUT2D eigenvalue weighted by atomic mass is 9.34. The summed E-state index contributed by atoms with van der Waals surface area (Å²) in [6.45, 7) is 26.6. The molecule has 3 saturated carbocycles. The van der Waals surface area contributed by atoms with E-state index in [-0.39, 0.29) is 69.3 Å². The van der Waals surface area contributed by atoms with Gasteiger partial charge >= 0.3 is 5.97 Å². The zero-order valence-corrected chi connectivity index (χ0v) is 40.5. The van der Waals surface area contributed by atoms with E-state index in [1.165, 1.54) is 9.88 Å². The van der Waals surface area contributed by atoms with E-state index in [0.717, 1.165) is 49.7 Å². The monoisotopic (exact) mass is 860 g/mol. The minimum atomic E-state index is -3.78. The maximum atomic E-state index is 14.9. The highest BCUT2D eigenvalue weighted by atomic mass is 32.2. The molecule has 4 aliphatic carbocycles. The average molecular weight is 860 g/mol. The van der Waals surface area contributed by atoms with Crippen molar-refractivity contribution in [3.05, 3.63) is 77.4 Å². The van der Waals surface area contributed by atoms with Gasteiger partial charge in [0.05, 0.1) is 48.9 Å². The van der Waals surface area contributed by atoms with Crippen LogP contribution in [0.2, 0.25) is 0 Å². The van der Waals surface area contributed by atoms with Crippen molar-refractivity contribution in [1.82, 2.24) is 4.31 Å². The summed E-state index contributed by atoms with van der Waals surface area (Å²) < 4.78 is 56.4. The fourth-order valence-corrected chi connectivity index (χ4v) is 15.5. The minimum absolute atomic E-state index is 0.0486. The molecule has 0 N–H and O–H groups in total. The maximum absolute atomic E-state index is 14.9. The number of methoxy groups -OCH3 is 1. The van der Waals surface area contributed by atoms with Gasteiger partial charge in [-0.1, -0.05) is 129 Å². The fourth-order valence-electron chi connectivity index (χ4n) is 14.0. The van der Waals surface area contributed by atoms with E-state index in [0.29, 0.717) is 36.9 Å². The van der Waals surface area contributed by atoms with Gasteiger partial charge in [0.15, 0.2) is 0 Å². The third-order valence-corrected chi connectivity index (χ3v) is 20.0. The van der Waals surface area contributed by atoms with Gasteiger partial charge in [0.2, 0.25) is 10.0 Å². The van der Waals surface area contributed by atoms with E-state index in [1.54, 1.807) is 19.2 Å². The maximum Gasteiger partial charge on any atom is 0.310 e. The van der Waals surface area contributed by atoms with E-state index in [1.807, 2.05) is 56.5 Å². The standard InChI is InChI=1S/C52H77NO7S/c1-34(2)36(4)48(8)27-28-50(10)39-23-24-42-49(9)32-58-33-52(42,40(39)25-26-51(50,11)44(48)46(54)60-30-37-17-15-14-16-18-37)29-41(57-13)45(49)59-31-43(47(5,6)7)53(12)61(55,56)38-21-19-35(3)20-22-38/h14-22,25,34,36,39,41-45H,23-24,26-33H2,1-13H3/t36-,39+,41-,42+,43+,44-,45+,48-,49?,50-,51+,52+/m1/s1. The van der Waals surface area contributed by atoms with Crippen LogP contribution in [0.15, 0.2) is 71.1 Å². The molecular weight excluding hydrogens is 783 g/mol. The summed E-state index contributed by atoms with van der Waals surface area (Å²) in [6.07, 6.45) is 7.81. The molecule has 1 unspecified atom stereocenters. The van der Waals surface area contributed by atoms with Gasteiger partial charge in [0.1, 0.15) is 6.61 Å². The molecule has 12 atom stereocenters. The van der Waals surface area contributed by atoms with Gasteiger partial charge in [-0.3, -0.25) is 4.79 Å². The van der Waals surface area contributed by atoms with Crippen molar-refractivity contribution < 1.29 is 32.2 Å². The zero-order valence-electron chi connectivity index (χ0n) is 39.7. The molecule has 2 aromatic carbocycles. The lowest BCUT2D eigenvalue weighted by Crippen LogP contribution is -2.70. The highest BCUT2D eigenvalue weighted by molar-refractivity contribution is 7.89. The van der Waals surface area contributed by atoms with Crippen LogP contribution in [0.4, 0.5) is 0 Å².